The molecule has 0 aromatic carbocycles. The highest BCUT2D eigenvalue weighted by molar-refractivity contribution is 5.44. The minimum absolute atomic E-state index is 0.611. The molecule has 0 bridgehead atoms. The quantitative estimate of drug-likeness (QED) is 0.749. The Kier molecular flexibility index (Phi) is 2.86. The van der Waals surface area contributed by atoms with E-state index in [1.54, 1.807) is 4.52 Å². The van der Waals surface area contributed by atoms with Gasteiger partial charge in [0.1, 0.15) is 12.1 Å². The fraction of sp³-hybridized carbons (Fsp3) is 0.333. The summed E-state index contributed by atoms with van der Waals surface area (Å²) in [5.41, 5.74) is 1.98. The molecule has 1 N–H and O–H groups in total. The molecule has 0 spiro atoms. The number of anilines is 1. The first kappa shape index (κ1) is 11.6. The third kappa shape index (κ3) is 2.40. The standard InChI is InChI=1S/C12H15N7/c1-9-7-11(19-12(16-9)14-8-15-19)13-5-3-10-4-6-18(2)17-10/h4,6-8,13H,3,5H2,1-2H3. The van der Waals surface area contributed by atoms with Crippen molar-refractivity contribution in [1.82, 2.24) is 29.4 Å². The van der Waals surface area contributed by atoms with Gasteiger partial charge in [0.05, 0.1) is 5.69 Å². The summed E-state index contributed by atoms with van der Waals surface area (Å²) in [4.78, 5) is 8.39. The average Bonchev–Trinajstić information content (AvgIpc) is 2.98. The SMILES string of the molecule is Cc1cc(NCCc2ccn(C)n2)n2ncnc2n1. The molecule has 0 atom stereocenters. The number of fused-ring (bicyclic) bond motifs is 1. The zero-order chi connectivity index (χ0) is 13.2. The van der Waals surface area contributed by atoms with Gasteiger partial charge in [-0.3, -0.25) is 4.68 Å². The Bertz CT molecular complexity index is 697. The molecule has 0 aliphatic carbocycles. The average molecular weight is 257 g/mol. The molecule has 0 radical (unpaired) electrons. The molecule has 3 heterocycles. The molecule has 3 rings (SSSR count). The van der Waals surface area contributed by atoms with Gasteiger partial charge >= 0.3 is 0 Å². The van der Waals surface area contributed by atoms with E-state index >= 15 is 0 Å². The number of rotatable bonds is 4. The Hall–Kier alpha value is -2.44. The van der Waals surface area contributed by atoms with E-state index in [0.717, 1.165) is 30.2 Å². The van der Waals surface area contributed by atoms with E-state index in [4.69, 9.17) is 0 Å². The van der Waals surface area contributed by atoms with Crippen LogP contribution in [-0.2, 0) is 13.5 Å². The molecule has 7 nitrogen and oxygen atoms in total. The second-order valence-electron chi connectivity index (χ2n) is 4.41. The first-order valence-corrected chi connectivity index (χ1v) is 6.12. The predicted octanol–water partition coefficient (Wildman–Crippen LogP) is 0.821. The molecule has 3 aromatic rings. The highest BCUT2D eigenvalue weighted by Crippen LogP contribution is 2.10. The fourth-order valence-electron chi connectivity index (χ4n) is 1.97. The van der Waals surface area contributed by atoms with Crippen molar-refractivity contribution in [3.05, 3.63) is 36.0 Å². The molecular formula is C12H15N7. The molecule has 0 aliphatic rings. The van der Waals surface area contributed by atoms with Gasteiger partial charge in [-0.1, -0.05) is 0 Å². The Balaban J connectivity index is 1.73. The Morgan fingerprint density at radius 3 is 3.05 bits per heavy atom. The number of aryl methyl sites for hydroxylation is 2. The molecule has 0 saturated carbocycles. The van der Waals surface area contributed by atoms with Gasteiger partial charge in [0.15, 0.2) is 0 Å². The third-order valence-corrected chi connectivity index (χ3v) is 2.84. The van der Waals surface area contributed by atoms with E-state index in [9.17, 15) is 0 Å². The fourth-order valence-corrected chi connectivity index (χ4v) is 1.97. The van der Waals surface area contributed by atoms with Crippen LogP contribution in [0.2, 0.25) is 0 Å². The highest BCUT2D eigenvalue weighted by atomic mass is 15.3. The maximum absolute atomic E-state index is 4.34. The molecular weight excluding hydrogens is 242 g/mol. The number of aromatic nitrogens is 6. The van der Waals surface area contributed by atoms with Crippen molar-refractivity contribution in [2.24, 2.45) is 7.05 Å². The van der Waals surface area contributed by atoms with Crippen LogP contribution in [-0.4, -0.2) is 35.9 Å². The Morgan fingerprint density at radius 1 is 1.37 bits per heavy atom. The smallest absolute Gasteiger partial charge is 0.254 e. The number of nitrogens with one attached hydrogen (secondary N) is 1. The van der Waals surface area contributed by atoms with E-state index in [2.05, 4.69) is 25.5 Å². The minimum atomic E-state index is 0.611. The van der Waals surface area contributed by atoms with Crippen LogP contribution in [0.1, 0.15) is 11.4 Å². The lowest BCUT2D eigenvalue weighted by Crippen LogP contribution is -2.10. The van der Waals surface area contributed by atoms with Crippen LogP contribution in [0.25, 0.3) is 5.78 Å². The highest BCUT2D eigenvalue weighted by Gasteiger charge is 2.05. The molecule has 0 fully saturated rings. The van der Waals surface area contributed by atoms with Crippen LogP contribution in [0.15, 0.2) is 24.7 Å². The van der Waals surface area contributed by atoms with Gasteiger partial charge in [-0.05, 0) is 13.0 Å². The molecule has 98 valence electrons. The van der Waals surface area contributed by atoms with Crippen LogP contribution in [0.5, 0.6) is 0 Å². The Labute approximate surface area is 110 Å². The van der Waals surface area contributed by atoms with E-state index in [0.29, 0.717) is 5.78 Å². The number of nitrogens with zero attached hydrogens (tertiary/aromatic N) is 6. The number of hydrogen-bond donors (Lipinski definition) is 1. The summed E-state index contributed by atoms with van der Waals surface area (Å²) in [6.45, 7) is 2.73. The normalized spacial score (nSPS) is 11.1. The molecule has 0 aliphatic heterocycles. The van der Waals surface area contributed by atoms with Gasteiger partial charge in [0.2, 0.25) is 0 Å². The predicted molar refractivity (Wildman–Crippen MR) is 70.9 cm³/mol. The van der Waals surface area contributed by atoms with Crippen LogP contribution in [0, 0.1) is 6.92 Å². The van der Waals surface area contributed by atoms with Gasteiger partial charge < -0.3 is 5.32 Å². The van der Waals surface area contributed by atoms with Gasteiger partial charge in [-0.2, -0.15) is 19.7 Å². The maximum Gasteiger partial charge on any atom is 0.254 e. The monoisotopic (exact) mass is 257 g/mol. The van der Waals surface area contributed by atoms with Gasteiger partial charge in [-0.15, -0.1) is 0 Å². The molecule has 7 heteroatoms. The Morgan fingerprint density at radius 2 is 2.26 bits per heavy atom. The zero-order valence-corrected chi connectivity index (χ0v) is 10.9. The first-order valence-electron chi connectivity index (χ1n) is 6.12. The second-order valence-corrected chi connectivity index (χ2v) is 4.41. The summed E-state index contributed by atoms with van der Waals surface area (Å²) >= 11 is 0. The van der Waals surface area contributed by atoms with Crippen LogP contribution < -0.4 is 5.32 Å². The number of hydrogen-bond acceptors (Lipinski definition) is 5. The van der Waals surface area contributed by atoms with Crippen molar-refractivity contribution in [3.8, 4) is 0 Å². The molecule has 0 unspecified atom stereocenters. The molecule has 0 amide bonds. The van der Waals surface area contributed by atoms with Crippen molar-refractivity contribution < 1.29 is 0 Å². The second kappa shape index (κ2) is 4.68. The molecule has 0 saturated heterocycles. The van der Waals surface area contributed by atoms with Crippen molar-refractivity contribution in [2.75, 3.05) is 11.9 Å². The van der Waals surface area contributed by atoms with Crippen molar-refractivity contribution in [3.63, 3.8) is 0 Å². The van der Waals surface area contributed by atoms with Gasteiger partial charge in [0.25, 0.3) is 5.78 Å². The van der Waals surface area contributed by atoms with Gasteiger partial charge in [0, 0.05) is 38.0 Å². The lowest BCUT2D eigenvalue weighted by Gasteiger charge is -2.07. The summed E-state index contributed by atoms with van der Waals surface area (Å²) < 4.78 is 3.51. The van der Waals surface area contributed by atoms with Crippen molar-refractivity contribution in [1.29, 1.82) is 0 Å². The largest absolute Gasteiger partial charge is 0.369 e. The molecule has 19 heavy (non-hydrogen) atoms. The van der Waals surface area contributed by atoms with E-state index in [1.807, 2.05) is 37.0 Å². The van der Waals surface area contributed by atoms with Crippen molar-refractivity contribution in [2.45, 2.75) is 13.3 Å². The van der Waals surface area contributed by atoms with Crippen LogP contribution in [0.3, 0.4) is 0 Å². The lowest BCUT2D eigenvalue weighted by molar-refractivity contribution is 0.741. The summed E-state index contributed by atoms with van der Waals surface area (Å²) in [7, 11) is 1.92. The third-order valence-electron chi connectivity index (χ3n) is 2.84. The van der Waals surface area contributed by atoms with E-state index in [1.165, 1.54) is 6.33 Å². The van der Waals surface area contributed by atoms with E-state index < -0.39 is 0 Å². The van der Waals surface area contributed by atoms with Crippen LogP contribution >= 0.6 is 0 Å². The first-order chi connectivity index (χ1) is 9.22. The maximum atomic E-state index is 4.34. The summed E-state index contributed by atoms with van der Waals surface area (Å²) in [6, 6.07) is 3.98. The topological polar surface area (TPSA) is 72.9 Å². The summed E-state index contributed by atoms with van der Waals surface area (Å²) in [5.74, 6) is 1.51. The van der Waals surface area contributed by atoms with Crippen LogP contribution in [0.4, 0.5) is 5.82 Å². The van der Waals surface area contributed by atoms with Crippen molar-refractivity contribution >= 4 is 11.6 Å². The minimum Gasteiger partial charge on any atom is -0.369 e. The van der Waals surface area contributed by atoms with E-state index in [-0.39, 0.29) is 0 Å². The summed E-state index contributed by atoms with van der Waals surface area (Å²) in [6.07, 6.45) is 4.31. The lowest BCUT2D eigenvalue weighted by atomic mass is 10.3. The zero-order valence-electron chi connectivity index (χ0n) is 10.9. The molecule has 3 aromatic heterocycles. The van der Waals surface area contributed by atoms with Gasteiger partial charge in [-0.25, -0.2) is 4.98 Å². The summed E-state index contributed by atoms with van der Waals surface area (Å²) in [5, 5.41) is 11.8.